The van der Waals surface area contributed by atoms with E-state index in [-0.39, 0.29) is 24.2 Å². The molecule has 26 heavy (non-hydrogen) atoms. The molecule has 1 fully saturated rings. The lowest BCUT2D eigenvalue weighted by molar-refractivity contribution is -0.126. The molecule has 0 spiro atoms. The third-order valence-corrected chi connectivity index (χ3v) is 4.64. The number of benzene rings is 2. The summed E-state index contributed by atoms with van der Waals surface area (Å²) in [6.45, 7) is 5.56. The van der Waals surface area contributed by atoms with Gasteiger partial charge in [-0.3, -0.25) is 4.79 Å². The van der Waals surface area contributed by atoms with Crippen LogP contribution in [0.25, 0.3) is 0 Å². The molecular weight excluding hydrogens is 348 g/mol. The van der Waals surface area contributed by atoms with Gasteiger partial charge in [0.05, 0.1) is 0 Å². The monoisotopic (exact) mass is 374 g/mol. The van der Waals surface area contributed by atoms with Crippen molar-refractivity contribution in [1.82, 2.24) is 10.6 Å². The molecule has 2 atom stereocenters. The zero-order chi connectivity index (χ0) is 17.6. The third kappa shape index (κ3) is 5.48. The van der Waals surface area contributed by atoms with Gasteiger partial charge in [-0.15, -0.1) is 12.4 Å². The maximum Gasteiger partial charge on any atom is 0.223 e. The van der Waals surface area contributed by atoms with Crippen molar-refractivity contribution < 1.29 is 9.53 Å². The van der Waals surface area contributed by atoms with Crippen molar-refractivity contribution in [2.75, 3.05) is 6.54 Å². The summed E-state index contributed by atoms with van der Waals surface area (Å²) in [5, 5.41) is 6.46. The minimum atomic E-state index is 0. The molecule has 2 aromatic rings. The van der Waals surface area contributed by atoms with Gasteiger partial charge >= 0.3 is 0 Å². The van der Waals surface area contributed by atoms with Gasteiger partial charge < -0.3 is 15.4 Å². The van der Waals surface area contributed by atoms with Gasteiger partial charge in [0.2, 0.25) is 5.91 Å². The van der Waals surface area contributed by atoms with Crippen molar-refractivity contribution in [2.24, 2.45) is 5.92 Å². The highest BCUT2D eigenvalue weighted by Gasteiger charge is 2.24. The van der Waals surface area contributed by atoms with Crippen molar-refractivity contribution in [3.05, 3.63) is 59.7 Å². The van der Waals surface area contributed by atoms with E-state index in [1.807, 2.05) is 55.5 Å². The maximum atomic E-state index is 12.5. The molecule has 0 radical (unpaired) electrons. The summed E-state index contributed by atoms with van der Waals surface area (Å²) in [6.07, 6.45) is 1.80. The number of para-hydroxylation sites is 1. The second-order valence-corrected chi connectivity index (χ2v) is 6.82. The van der Waals surface area contributed by atoms with Gasteiger partial charge in [-0.2, -0.15) is 0 Å². The Hall–Kier alpha value is -2.04. The minimum Gasteiger partial charge on any atom is -0.457 e. The lowest BCUT2D eigenvalue weighted by Gasteiger charge is -2.27. The van der Waals surface area contributed by atoms with E-state index < -0.39 is 0 Å². The van der Waals surface area contributed by atoms with Crippen LogP contribution in [0.1, 0.15) is 30.9 Å². The smallest absolute Gasteiger partial charge is 0.223 e. The molecular formula is C21H27ClN2O2. The summed E-state index contributed by atoms with van der Waals surface area (Å²) in [6, 6.07) is 16.2. The Bertz CT molecular complexity index is 735. The summed E-state index contributed by atoms with van der Waals surface area (Å²) in [4.78, 5) is 12.5. The third-order valence-electron chi connectivity index (χ3n) is 4.64. The number of hydrogen-bond acceptors (Lipinski definition) is 3. The molecule has 0 bridgehead atoms. The van der Waals surface area contributed by atoms with Crippen LogP contribution in [0, 0.1) is 12.8 Å². The lowest BCUT2D eigenvalue weighted by atomic mass is 9.92. The number of amides is 1. The van der Waals surface area contributed by atoms with Crippen molar-refractivity contribution in [2.45, 2.75) is 39.3 Å². The molecule has 2 N–H and O–H groups in total. The van der Waals surface area contributed by atoms with E-state index in [1.165, 1.54) is 0 Å². The molecule has 0 aromatic heterocycles. The first kappa shape index (κ1) is 20.3. The fourth-order valence-corrected chi connectivity index (χ4v) is 3.25. The SMILES string of the molecule is Cc1cccc(Oc2ccccc2CNC(=O)[C@H]2CCN[C@@H](C)C2)c1.Cl. The lowest BCUT2D eigenvalue weighted by Crippen LogP contribution is -2.42. The Kier molecular flexibility index (Phi) is 7.49. The van der Waals surface area contributed by atoms with Gasteiger partial charge in [0.1, 0.15) is 11.5 Å². The van der Waals surface area contributed by atoms with Crippen molar-refractivity contribution in [1.29, 1.82) is 0 Å². The van der Waals surface area contributed by atoms with Crippen molar-refractivity contribution >= 4 is 18.3 Å². The first-order valence-corrected chi connectivity index (χ1v) is 8.95. The van der Waals surface area contributed by atoms with Gasteiger partial charge in [-0.25, -0.2) is 0 Å². The quantitative estimate of drug-likeness (QED) is 0.824. The standard InChI is InChI=1S/C21H26N2O2.ClH/c1-15-6-5-8-19(12-15)25-20-9-4-3-7-18(20)14-23-21(24)17-10-11-22-16(2)13-17;/h3-9,12,16-17,22H,10-11,13-14H2,1-2H3,(H,23,24);1H/t16-,17-;/m0./s1. The van der Waals surface area contributed by atoms with Gasteiger partial charge in [-0.1, -0.05) is 30.3 Å². The molecule has 0 aliphatic carbocycles. The minimum absolute atomic E-state index is 0. The van der Waals surface area contributed by atoms with Crippen LogP contribution in [0.4, 0.5) is 0 Å². The topological polar surface area (TPSA) is 50.4 Å². The number of ether oxygens (including phenoxy) is 1. The van der Waals surface area contributed by atoms with Crippen molar-refractivity contribution in [3.8, 4) is 11.5 Å². The summed E-state index contributed by atoms with van der Waals surface area (Å²) in [7, 11) is 0. The van der Waals surface area contributed by atoms with Gasteiger partial charge in [0.15, 0.2) is 0 Å². The first-order chi connectivity index (χ1) is 12.1. The van der Waals surface area contributed by atoms with E-state index in [1.54, 1.807) is 0 Å². The van der Waals surface area contributed by atoms with Gasteiger partial charge in [0.25, 0.3) is 0 Å². The van der Waals surface area contributed by atoms with E-state index in [4.69, 9.17) is 4.74 Å². The average Bonchev–Trinajstić information content (AvgIpc) is 2.61. The fraction of sp³-hybridized carbons (Fsp3) is 0.381. The number of halogens is 1. The Morgan fingerprint density at radius 1 is 1.23 bits per heavy atom. The number of aryl methyl sites for hydroxylation is 1. The molecule has 1 saturated heterocycles. The van der Waals surface area contributed by atoms with Crippen LogP contribution in [0.2, 0.25) is 0 Å². The summed E-state index contributed by atoms with van der Waals surface area (Å²) in [5.41, 5.74) is 2.14. The van der Waals surface area contributed by atoms with Crippen LogP contribution in [-0.2, 0) is 11.3 Å². The van der Waals surface area contributed by atoms with E-state index in [9.17, 15) is 4.79 Å². The van der Waals surface area contributed by atoms with Gasteiger partial charge in [-0.05, 0) is 57.0 Å². The van der Waals surface area contributed by atoms with Crippen LogP contribution in [-0.4, -0.2) is 18.5 Å². The Morgan fingerprint density at radius 3 is 2.81 bits per heavy atom. The highest BCUT2D eigenvalue weighted by Crippen LogP contribution is 2.26. The molecule has 5 heteroatoms. The molecule has 1 aliphatic heterocycles. The van der Waals surface area contributed by atoms with E-state index in [2.05, 4.69) is 17.6 Å². The van der Waals surface area contributed by atoms with Gasteiger partial charge in [0, 0.05) is 24.1 Å². The molecule has 0 unspecified atom stereocenters. The summed E-state index contributed by atoms with van der Waals surface area (Å²) >= 11 is 0. The molecule has 1 amide bonds. The first-order valence-electron chi connectivity index (χ1n) is 8.95. The zero-order valence-corrected chi connectivity index (χ0v) is 16.1. The number of carbonyl (C=O) groups excluding carboxylic acids is 1. The maximum absolute atomic E-state index is 12.5. The number of rotatable bonds is 5. The highest BCUT2D eigenvalue weighted by molar-refractivity contribution is 5.85. The average molecular weight is 375 g/mol. The number of nitrogens with one attached hydrogen (secondary N) is 2. The molecule has 4 nitrogen and oxygen atoms in total. The number of piperidine rings is 1. The normalized spacial score (nSPS) is 19.3. The molecule has 140 valence electrons. The van der Waals surface area contributed by atoms with Crippen LogP contribution >= 0.6 is 12.4 Å². The second kappa shape index (κ2) is 9.60. The summed E-state index contributed by atoms with van der Waals surface area (Å²) < 4.78 is 6.02. The van der Waals surface area contributed by atoms with E-state index >= 15 is 0 Å². The molecule has 3 rings (SSSR count). The second-order valence-electron chi connectivity index (χ2n) is 6.82. The summed E-state index contributed by atoms with van der Waals surface area (Å²) in [5.74, 6) is 1.83. The molecule has 0 saturated carbocycles. The van der Waals surface area contributed by atoms with Crippen LogP contribution < -0.4 is 15.4 Å². The highest BCUT2D eigenvalue weighted by atomic mass is 35.5. The number of carbonyl (C=O) groups is 1. The Balaban J connectivity index is 0.00000243. The molecule has 1 heterocycles. The largest absolute Gasteiger partial charge is 0.457 e. The Labute approximate surface area is 161 Å². The van der Waals surface area contributed by atoms with E-state index in [0.29, 0.717) is 12.6 Å². The predicted molar refractivity (Wildman–Crippen MR) is 107 cm³/mol. The van der Waals surface area contributed by atoms with Crippen LogP contribution in [0.5, 0.6) is 11.5 Å². The Morgan fingerprint density at radius 2 is 2.04 bits per heavy atom. The predicted octanol–water partition coefficient (Wildman–Crippen LogP) is 4.21. The molecule has 2 aromatic carbocycles. The fourth-order valence-electron chi connectivity index (χ4n) is 3.25. The van der Waals surface area contributed by atoms with Crippen LogP contribution in [0.15, 0.2) is 48.5 Å². The molecule has 1 aliphatic rings. The van der Waals surface area contributed by atoms with E-state index in [0.717, 1.165) is 42.0 Å². The zero-order valence-electron chi connectivity index (χ0n) is 15.3. The number of hydrogen-bond donors (Lipinski definition) is 2. The van der Waals surface area contributed by atoms with Crippen LogP contribution in [0.3, 0.4) is 0 Å². The van der Waals surface area contributed by atoms with Crippen molar-refractivity contribution in [3.63, 3.8) is 0 Å².